The number of likely N-dealkylation sites (N-methyl/N-ethyl adjacent to an activating group) is 1. The van der Waals surface area contributed by atoms with E-state index in [4.69, 9.17) is 4.74 Å². The summed E-state index contributed by atoms with van der Waals surface area (Å²) in [5, 5.41) is 3.19. The minimum absolute atomic E-state index is 0.0439. The topological polar surface area (TPSA) is 58.6 Å². The molecule has 2 amide bonds. The Balaban J connectivity index is 1.85. The lowest BCUT2D eigenvalue weighted by Crippen LogP contribution is -2.55. The maximum absolute atomic E-state index is 12.9. The van der Waals surface area contributed by atoms with Gasteiger partial charge < -0.3 is 15.0 Å². The third kappa shape index (κ3) is 3.18. The minimum Gasteiger partial charge on any atom is -0.356 e. The molecular formula is C19H26N2O3. The van der Waals surface area contributed by atoms with Gasteiger partial charge in [-0.05, 0) is 37.3 Å². The van der Waals surface area contributed by atoms with Crippen LogP contribution in [0.4, 0.5) is 0 Å². The standard InChI is InChI=1S/C19H26N2O3/c1-4-9-19(10-11-19)20-18(23)17-16(21(3)15(22)12-24-17)14-8-6-5-7-13(14)2/h5-8,16-17H,4,9-12H2,1-3H3,(H,20,23). The summed E-state index contributed by atoms with van der Waals surface area (Å²) in [5.74, 6) is -0.199. The molecule has 2 aliphatic rings. The molecule has 1 aromatic rings. The molecule has 1 saturated carbocycles. The summed E-state index contributed by atoms with van der Waals surface area (Å²) >= 11 is 0. The van der Waals surface area contributed by atoms with Gasteiger partial charge in [-0.3, -0.25) is 9.59 Å². The summed E-state index contributed by atoms with van der Waals surface area (Å²) in [7, 11) is 1.75. The Morgan fingerprint density at radius 3 is 2.71 bits per heavy atom. The molecule has 1 aliphatic carbocycles. The summed E-state index contributed by atoms with van der Waals surface area (Å²) in [5.41, 5.74) is 1.97. The molecule has 0 bridgehead atoms. The third-order valence-electron chi connectivity index (χ3n) is 5.22. The Hall–Kier alpha value is -1.88. The van der Waals surface area contributed by atoms with Gasteiger partial charge in [0.25, 0.3) is 5.91 Å². The van der Waals surface area contributed by atoms with Crippen LogP contribution in [0.15, 0.2) is 24.3 Å². The zero-order chi connectivity index (χ0) is 17.3. The highest BCUT2D eigenvalue weighted by Crippen LogP contribution is 2.40. The SMILES string of the molecule is CCCC1(NC(=O)C2OCC(=O)N(C)C2c2ccccc2C)CC1. The van der Waals surface area contributed by atoms with E-state index in [0.717, 1.165) is 36.8 Å². The van der Waals surface area contributed by atoms with Crippen molar-refractivity contribution in [1.82, 2.24) is 10.2 Å². The van der Waals surface area contributed by atoms with Crippen molar-refractivity contribution in [3.05, 3.63) is 35.4 Å². The molecule has 3 rings (SSSR count). The van der Waals surface area contributed by atoms with Crippen molar-refractivity contribution in [3.63, 3.8) is 0 Å². The first-order chi connectivity index (χ1) is 11.5. The maximum Gasteiger partial charge on any atom is 0.252 e. The van der Waals surface area contributed by atoms with Gasteiger partial charge in [0.1, 0.15) is 6.61 Å². The lowest BCUT2D eigenvalue weighted by Gasteiger charge is -2.39. The second kappa shape index (κ2) is 6.55. The van der Waals surface area contributed by atoms with Crippen molar-refractivity contribution in [1.29, 1.82) is 0 Å². The lowest BCUT2D eigenvalue weighted by molar-refractivity contribution is -0.162. The molecule has 2 atom stereocenters. The van der Waals surface area contributed by atoms with Crippen LogP contribution in [0.5, 0.6) is 0 Å². The van der Waals surface area contributed by atoms with Gasteiger partial charge >= 0.3 is 0 Å². The van der Waals surface area contributed by atoms with E-state index in [-0.39, 0.29) is 30.0 Å². The first kappa shape index (κ1) is 17.0. The van der Waals surface area contributed by atoms with E-state index >= 15 is 0 Å². The molecule has 0 aromatic heterocycles. The first-order valence-corrected chi connectivity index (χ1v) is 8.72. The molecule has 24 heavy (non-hydrogen) atoms. The van der Waals surface area contributed by atoms with Crippen molar-refractivity contribution < 1.29 is 14.3 Å². The molecule has 5 nitrogen and oxygen atoms in total. The van der Waals surface area contributed by atoms with E-state index in [1.165, 1.54) is 0 Å². The van der Waals surface area contributed by atoms with Gasteiger partial charge in [0.05, 0.1) is 6.04 Å². The van der Waals surface area contributed by atoms with Gasteiger partial charge in [-0.1, -0.05) is 37.6 Å². The van der Waals surface area contributed by atoms with Crippen LogP contribution < -0.4 is 5.32 Å². The molecule has 130 valence electrons. The number of hydrogen-bond donors (Lipinski definition) is 1. The monoisotopic (exact) mass is 330 g/mol. The highest BCUT2D eigenvalue weighted by molar-refractivity contribution is 5.87. The van der Waals surface area contributed by atoms with E-state index < -0.39 is 6.10 Å². The highest BCUT2D eigenvalue weighted by atomic mass is 16.5. The number of carbonyl (C=O) groups excluding carboxylic acids is 2. The van der Waals surface area contributed by atoms with E-state index in [1.807, 2.05) is 31.2 Å². The average molecular weight is 330 g/mol. The van der Waals surface area contributed by atoms with Gasteiger partial charge in [0.15, 0.2) is 6.10 Å². The Morgan fingerprint density at radius 2 is 2.08 bits per heavy atom. The fourth-order valence-corrected chi connectivity index (χ4v) is 3.62. The molecule has 2 fully saturated rings. The van der Waals surface area contributed by atoms with Gasteiger partial charge in [-0.25, -0.2) is 0 Å². The zero-order valence-electron chi connectivity index (χ0n) is 14.7. The number of rotatable bonds is 5. The summed E-state index contributed by atoms with van der Waals surface area (Å²) < 4.78 is 5.69. The van der Waals surface area contributed by atoms with Crippen LogP contribution in [0, 0.1) is 6.92 Å². The average Bonchev–Trinajstić information content (AvgIpc) is 3.30. The number of benzene rings is 1. The molecule has 1 aliphatic heterocycles. The van der Waals surface area contributed by atoms with Crippen LogP contribution in [0.1, 0.15) is 49.8 Å². The zero-order valence-corrected chi connectivity index (χ0v) is 14.7. The molecule has 2 unspecified atom stereocenters. The molecule has 1 N–H and O–H groups in total. The number of nitrogens with one attached hydrogen (secondary N) is 1. The number of hydrogen-bond acceptors (Lipinski definition) is 3. The van der Waals surface area contributed by atoms with Crippen LogP contribution in [0.25, 0.3) is 0 Å². The molecule has 5 heteroatoms. The van der Waals surface area contributed by atoms with Crippen LogP contribution in [-0.4, -0.2) is 42.0 Å². The fraction of sp³-hybridized carbons (Fsp3) is 0.579. The largest absolute Gasteiger partial charge is 0.356 e. The smallest absolute Gasteiger partial charge is 0.252 e. The molecule has 1 aromatic carbocycles. The lowest BCUT2D eigenvalue weighted by atomic mass is 9.93. The summed E-state index contributed by atoms with van der Waals surface area (Å²) in [4.78, 5) is 26.7. The maximum atomic E-state index is 12.9. The Morgan fingerprint density at radius 1 is 1.38 bits per heavy atom. The van der Waals surface area contributed by atoms with Gasteiger partial charge in [-0.2, -0.15) is 0 Å². The van der Waals surface area contributed by atoms with Crippen LogP contribution in [0.3, 0.4) is 0 Å². The summed E-state index contributed by atoms with van der Waals surface area (Å²) in [6.45, 7) is 4.08. The van der Waals surface area contributed by atoms with E-state index in [1.54, 1.807) is 11.9 Å². The van der Waals surface area contributed by atoms with Crippen molar-refractivity contribution in [2.75, 3.05) is 13.7 Å². The number of amides is 2. The third-order valence-corrected chi connectivity index (χ3v) is 5.22. The predicted molar refractivity (Wildman–Crippen MR) is 91.4 cm³/mol. The predicted octanol–water partition coefficient (Wildman–Crippen LogP) is 2.34. The second-order valence-electron chi connectivity index (χ2n) is 7.06. The number of aryl methyl sites for hydroxylation is 1. The Labute approximate surface area is 143 Å². The number of morpholine rings is 1. The van der Waals surface area contributed by atoms with E-state index in [0.29, 0.717) is 0 Å². The van der Waals surface area contributed by atoms with Crippen molar-refractivity contribution in [2.45, 2.75) is 57.2 Å². The minimum atomic E-state index is -0.664. The second-order valence-corrected chi connectivity index (χ2v) is 7.06. The van der Waals surface area contributed by atoms with Crippen LogP contribution >= 0.6 is 0 Å². The molecule has 0 spiro atoms. The van der Waals surface area contributed by atoms with Crippen molar-refractivity contribution in [2.24, 2.45) is 0 Å². The van der Waals surface area contributed by atoms with E-state index in [2.05, 4.69) is 12.2 Å². The fourth-order valence-electron chi connectivity index (χ4n) is 3.62. The van der Waals surface area contributed by atoms with Crippen molar-refractivity contribution in [3.8, 4) is 0 Å². The molecule has 1 saturated heterocycles. The van der Waals surface area contributed by atoms with Crippen LogP contribution in [0.2, 0.25) is 0 Å². The van der Waals surface area contributed by atoms with Gasteiger partial charge in [0.2, 0.25) is 5.91 Å². The molecule has 1 heterocycles. The number of nitrogens with zero attached hydrogens (tertiary/aromatic N) is 1. The molecular weight excluding hydrogens is 304 g/mol. The summed E-state index contributed by atoms with van der Waals surface area (Å²) in [6.07, 6.45) is 3.44. The first-order valence-electron chi connectivity index (χ1n) is 8.72. The highest BCUT2D eigenvalue weighted by Gasteiger charge is 2.47. The Bertz CT molecular complexity index is 639. The quantitative estimate of drug-likeness (QED) is 0.901. The normalized spacial score (nSPS) is 25.5. The summed E-state index contributed by atoms with van der Waals surface area (Å²) in [6, 6.07) is 7.47. The number of carbonyl (C=O) groups is 2. The molecule has 0 radical (unpaired) electrons. The van der Waals surface area contributed by atoms with E-state index in [9.17, 15) is 9.59 Å². The Kier molecular flexibility index (Phi) is 4.63. The van der Waals surface area contributed by atoms with Crippen molar-refractivity contribution >= 4 is 11.8 Å². The van der Waals surface area contributed by atoms with Gasteiger partial charge in [-0.15, -0.1) is 0 Å². The van der Waals surface area contributed by atoms with Gasteiger partial charge in [0, 0.05) is 12.6 Å². The van der Waals surface area contributed by atoms with Crippen LogP contribution in [-0.2, 0) is 14.3 Å². The number of ether oxygens (including phenoxy) is 1.